The van der Waals surface area contributed by atoms with Gasteiger partial charge in [-0.3, -0.25) is 0 Å². The molecule has 0 aliphatic carbocycles. The van der Waals surface area contributed by atoms with Crippen molar-refractivity contribution in [1.82, 2.24) is 0 Å². The van der Waals surface area contributed by atoms with Crippen molar-refractivity contribution in [1.29, 1.82) is 0 Å². The van der Waals surface area contributed by atoms with Crippen LogP contribution in [0.4, 0.5) is 0 Å². The summed E-state index contributed by atoms with van der Waals surface area (Å²) in [5.74, 6) is 0.671. The highest BCUT2D eigenvalue weighted by Gasteiger charge is 2.30. The molecule has 1 aliphatic heterocycles. The van der Waals surface area contributed by atoms with Gasteiger partial charge in [-0.25, -0.2) is 4.57 Å². The molecule has 0 amide bonds. The van der Waals surface area contributed by atoms with Crippen LogP contribution in [0.2, 0.25) is 25.2 Å². The molecule has 1 aliphatic rings. The van der Waals surface area contributed by atoms with Crippen LogP contribution in [0.5, 0.6) is 0 Å². The Hall–Kier alpha value is -1.93. The van der Waals surface area contributed by atoms with Gasteiger partial charge in [0.2, 0.25) is 5.69 Å². The van der Waals surface area contributed by atoms with Crippen molar-refractivity contribution in [2.75, 3.05) is 0 Å². The predicted molar refractivity (Wildman–Crippen MR) is 152 cm³/mol. The topological polar surface area (TPSA) is 3.88 Å². The molecule has 1 aromatic heterocycles. The first kappa shape index (κ1) is 23.8. The molecule has 34 heavy (non-hydrogen) atoms. The molecule has 1 nitrogen and oxygen atoms in total. The van der Waals surface area contributed by atoms with Crippen molar-refractivity contribution in [3.05, 3.63) is 64.8 Å². The van der Waals surface area contributed by atoms with Crippen molar-refractivity contribution >= 4 is 18.8 Å². The van der Waals surface area contributed by atoms with Crippen LogP contribution in [0.15, 0.2) is 42.6 Å². The molecule has 0 spiro atoms. The molecule has 0 saturated carbocycles. The van der Waals surface area contributed by atoms with Crippen molar-refractivity contribution in [3.63, 3.8) is 0 Å². The van der Waals surface area contributed by atoms with E-state index in [0.717, 1.165) is 0 Å². The first-order valence-electron chi connectivity index (χ1n) is 13.7. The van der Waals surface area contributed by atoms with E-state index in [1.54, 1.807) is 0 Å². The van der Waals surface area contributed by atoms with Crippen LogP contribution in [-0.2, 0) is 17.9 Å². The average molecular weight is 474 g/mol. The van der Waals surface area contributed by atoms with Gasteiger partial charge in [0.1, 0.15) is 8.42 Å². The number of benzene rings is 2. The van der Waals surface area contributed by atoms with Crippen LogP contribution in [0.25, 0.3) is 22.0 Å². The zero-order chi connectivity index (χ0) is 25.9. The predicted octanol–water partition coefficient (Wildman–Crippen LogP) is 8.82. The van der Waals surface area contributed by atoms with Crippen LogP contribution in [0.1, 0.15) is 83.9 Å². The highest BCUT2D eigenvalue weighted by Crippen LogP contribution is 2.41. The minimum absolute atomic E-state index is 0.0539. The van der Waals surface area contributed by atoms with Gasteiger partial charge in [0.25, 0.3) is 0 Å². The Kier molecular flexibility index (Phi) is 6.03. The van der Waals surface area contributed by atoms with E-state index in [0.29, 0.717) is 12.1 Å². The summed E-state index contributed by atoms with van der Waals surface area (Å²) < 4.78 is 10.9. The van der Waals surface area contributed by atoms with Crippen LogP contribution in [-0.4, -0.2) is 8.07 Å². The first-order valence-corrected chi connectivity index (χ1v) is 16.6. The van der Waals surface area contributed by atoms with E-state index in [1.165, 1.54) is 69.2 Å². The second kappa shape index (κ2) is 8.62. The molecular weight excluding hydrogens is 426 g/mol. The van der Waals surface area contributed by atoms with Crippen molar-refractivity contribution in [2.45, 2.75) is 103 Å². The number of rotatable bonds is 2. The van der Waals surface area contributed by atoms with E-state index in [4.69, 9.17) is 1.37 Å². The van der Waals surface area contributed by atoms with E-state index in [2.05, 4.69) is 110 Å². The van der Waals surface area contributed by atoms with Crippen LogP contribution in [0, 0.1) is 6.92 Å². The van der Waals surface area contributed by atoms with E-state index in [1.807, 2.05) is 0 Å². The SMILES string of the molecule is [2H]c1cc2cc(C3CC[Si](C)(C)CC3)ccc2c(-c2cc(C(C)(C)C)cc(C(C)(C)C)c2C)[n+]1C. The molecule has 0 radical (unpaired) electrons. The first-order chi connectivity index (χ1) is 16.1. The maximum atomic E-state index is 8.85. The Balaban J connectivity index is 1.94. The highest BCUT2D eigenvalue weighted by molar-refractivity contribution is 6.77. The highest BCUT2D eigenvalue weighted by atomic mass is 28.3. The van der Waals surface area contributed by atoms with Gasteiger partial charge in [-0.2, -0.15) is 0 Å². The number of aromatic nitrogens is 1. The molecule has 2 aromatic carbocycles. The van der Waals surface area contributed by atoms with Gasteiger partial charge in [-0.1, -0.05) is 84.9 Å². The zero-order valence-corrected chi connectivity index (χ0v) is 24.3. The van der Waals surface area contributed by atoms with E-state index in [-0.39, 0.29) is 10.8 Å². The zero-order valence-electron chi connectivity index (χ0n) is 24.3. The fourth-order valence-corrected chi connectivity index (χ4v) is 8.32. The number of hydrogen-bond acceptors (Lipinski definition) is 0. The molecule has 0 unspecified atom stereocenters. The number of pyridine rings is 1. The molecule has 2 heterocycles. The van der Waals surface area contributed by atoms with Gasteiger partial charge < -0.3 is 0 Å². The summed E-state index contributed by atoms with van der Waals surface area (Å²) in [5, 5.41) is 2.47. The smallest absolute Gasteiger partial charge is 0.200 e. The van der Waals surface area contributed by atoms with Gasteiger partial charge in [-0.05, 0) is 76.3 Å². The minimum Gasteiger partial charge on any atom is -0.200 e. The average Bonchev–Trinajstić information content (AvgIpc) is 2.73. The van der Waals surface area contributed by atoms with E-state index in [9.17, 15) is 0 Å². The molecule has 0 atom stereocenters. The summed E-state index contributed by atoms with van der Waals surface area (Å²) in [4.78, 5) is 0. The molecule has 182 valence electrons. The quantitative estimate of drug-likeness (QED) is 0.258. The summed E-state index contributed by atoms with van der Waals surface area (Å²) in [6, 6.07) is 16.9. The van der Waals surface area contributed by atoms with Crippen molar-refractivity contribution in [3.8, 4) is 11.3 Å². The number of nitrogens with zero attached hydrogens (tertiary/aromatic N) is 1. The number of fused-ring (bicyclic) bond motifs is 1. The Morgan fingerprint density at radius 3 is 2.15 bits per heavy atom. The fraction of sp³-hybridized carbons (Fsp3) is 0.531. The summed E-state index contributed by atoms with van der Waals surface area (Å²) in [6.07, 6.45) is 3.22. The Morgan fingerprint density at radius 2 is 1.56 bits per heavy atom. The third-order valence-corrected chi connectivity index (χ3v) is 11.5. The normalized spacial score (nSPS) is 17.8. The van der Waals surface area contributed by atoms with Gasteiger partial charge in [0, 0.05) is 14.1 Å². The van der Waals surface area contributed by atoms with Gasteiger partial charge in [0.05, 0.1) is 10.9 Å². The third kappa shape index (κ3) is 4.89. The largest absolute Gasteiger partial charge is 0.220 e. The van der Waals surface area contributed by atoms with Gasteiger partial charge in [-0.15, -0.1) is 0 Å². The second-order valence-electron chi connectivity index (χ2n) is 13.7. The Bertz CT molecular complexity index is 1260. The lowest BCUT2D eigenvalue weighted by molar-refractivity contribution is -0.659. The monoisotopic (exact) mass is 473 g/mol. The molecular formula is C32H46NSi+. The maximum Gasteiger partial charge on any atom is 0.220 e. The summed E-state index contributed by atoms with van der Waals surface area (Å²) in [5.41, 5.74) is 8.10. The lowest BCUT2D eigenvalue weighted by Crippen LogP contribution is -2.31. The van der Waals surface area contributed by atoms with E-state index >= 15 is 0 Å². The molecule has 2 heteroatoms. The fourth-order valence-electron chi connectivity index (χ4n) is 5.81. The standard InChI is InChI=1S/C32H46NSi/c1-22-28(20-26(31(2,3)4)21-29(22)32(5,6)7)30-27-12-11-24(19-25(27)13-16-33(30)8)23-14-17-34(9,10)18-15-23/h11-13,16,19-21,23H,14-15,17-18H2,1-10H3/q+1/i16D. The molecule has 0 bridgehead atoms. The van der Waals surface area contributed by atoms with Crippen molar-refractivity contribution in [2.24, 2.45) is 7.05 Å². The molecule has 1 saturated heterocycles. The van der Waals surface area contributed by atoms with Crippen LogP contribution in [0.3, 0.4) is 0 Å². The molecule has 4 rings (SSSR count). The number of hydrogen-bond donors (Lipinski definition) is 0. The van der Waals surface area contributed by atoms with E-state index < -0.39 is 8.07 Å². The lowest BCUT2D eigenvalue weighted by Gasteiger charge is -2.33. The lowest BCUT2D eigenvalue weighted by atomic mass is 9.76. The van der Waals surface area contributed by atoms with Crippen LogP contribution >= 0.6 is 0 Å². The Morgan fingerprint density at radius 1 is 0.912 bits per heavy atom. The third-order valence-electron chi connectivity index (χ3n) is 8.23. The molecule has 3 aromatic rings. The summed E-state index contributed by atoms with van der Waals surface area (Å²) >= 11 is 0. The second-order valence-corrected chi connectivity index (χ2v) is 19.0. The van der Waals surface area contributed by atoms with Crippen molar-refractivity contribution < 1.29 is 5.94 Å². The minimum atomic E-state index is -0.970. The molecule has 0 N–H and O–H groups in total. The summed E-state index contributed by atoms with van der Waals surface area (Å²) in [6.45, 7) is 21.2. The Labute approximate surface area is 211 Å². The molecule has 1 fully saturated rings. The van der Waals surface area contributed by atoms with Gasteiger partial charge in [0.15, 0.2) is 6.17 Å². The summed E-state index contributed by atoms with van der Waals surface area (Å²) in [7, 11) is 1.08. The van der Waals surface area contributed by atoms with Crippen LogP contribution < -0.4 is 4.57 Å². The van der Waals surface area contributed by atoms with Gasteiger partial charge >= 0.3 is 0 Å². The maximum absolute atomic E-state index is 8.85.